The Labute approximate surface area is 112 Å². The highest BCUT2D eigenvalue weighted by Crippen LogP contribution is 2.34. The van der Waals surface area contributed by atoms with E-state index in [9.17, 15) is 0 Å². The smallest absolute Gasteiger partial charge is 0.0172 e. The zero-order chi connectivity index (χ0) is 12.1. The van der Waals surface area contributed by atoms with Crippen LogP contribution in [0, 0.1) is 5.41 Å². The molecule has 0 aromatic carbocycles. The molecule has 2 atom stereocenters. The van der Waals surface area contributed by atoms with Crippen LogP contribution < -0.4 is 5.32 Å². The van der Waals surface area contributed by atoms with Gasteiger partial charge in [0, 0.05) is 17.8 Å². The topological polar surface area (TPSA) is 12.0 Å². The Morgan fingerprint density at radius 1 is 1.06 bits per heavy atom. The largest absolute Gasteiger partial charge is 0.313 e. The SMILES string of the molecule is CC1(C)CCCC(NCC2CCCCS2)CC1. The lowest BCUT2D eigenvalue weighted by molar-refractivity contribution is 0.309. The maximum absolute atomic E-state index is 3.85. The molecule has 2 unspecified atom stereocenters. The van der Waals surface area contributed by atoms with Crippen LogP contribution in [0.15, 0.2) is 0 Å². The summed E-state index contributed by atoms with van der Waals surface area (Å²) in [6.45, 7) is 6.13. The van der Waals surface area contributed by atoms with Crippen LogP contribution in [-0.4, -0.2) is 23.6 Å². The molecule has 1 saturated heterocycles. The van der Waals surface area contributed by atoms with Gasteiger partial charge in [-0.3, -0.25) is 0 Å². The fourth-order valence-corrected chi connectivity index (χ4v) is 4.38. The Balaban J connectivity index is 1.68. The minimum absolute atomic E-state index is 0.593. The molecule has 2 fully saturated rings. The van der Waals surface area contributed by atoms with E-state index in [4.69, 9.17) is 0 Å². The molecule has 17 heavy (non-hydrogen) atoms. The van der Waals surface area contributed by atoms with Gasteiger partial charge >= 0.3 is 0 Å². The number of hydrogen-bond acceptors (Lipinski definition) is 2. The van der Waals surface area contributed by atoms with Gasteiger partial charge in [0.2, 0.25) is 0 Å². The summed E-state index contributed by atoms with van der Waals surface area (Å²) >= 11 is 2.19. The second-order valence-electron chi connectivity index (χ2n) is 6.69. The maximum Gasteiger partial charge on any atom is 0.0172 e. The molecular formula is C15H29NS. The molecule has 0 aromatic rings. The summed E-state index contributed by atoms with van der Waals surface area (Å²) in [6.07, 6.45) is 11.4. The number of thioether (sulfide) groups is 1. The first-order chi connectivity index (χ1) is 8.16. The van der Waals surface area contributed by atoms with E-state index in [1.54, 1.807) is 0 Å². The van der Waals surface area contributed by atoms with E-state index in [0.717, 1.165) is 11.3 Å². The van der Waals surface area contributed by atoms with Crippen LogP contribution in [0.2, 0.25) is 0 Å². The Kier molecular flexibility index (Phi) is 5.23. The second kappa shape index (κ2) is 6.47. The molecule has 100 valence electrons. The molecule has 1 aliphatic carbocycles. The van der Waals surface area contributed by atoms with Crippen molar-refractivity contribution in [1.82, 2.24) is 5.32 Å². The Morgan fingerprint density at radius 3 is 2.71 bits per heavy atom. The summed E-state index contributed by atoms with van der Waals surface area (Å²) in [6, 6.07) is 0.805. The van der Waals surface area contributed by atoms with Crippen molar-refractivity contribution in [3.63, 3.8) is 0 Å². The van der Waals surface area contributed by atoms with Crippen LogP contribution in [0.1, 0.15) is 65.2 Å². The van der Waals surface area contributed by atoms with Gasteiger partial charge in [-0.1, -0.05) is 26.7 Å². The first-order valence-electron chi connectivity index (χ1n) is 7.51. The van der Waals surface area contributed by atoms with E-state index in [2.05, 4.69) is 30.9 Å². The highest BCUT2D eigenvalue weighted by Gasteiger charge is 2.24. The Morgan fingerprint density at radius 2 is 1.94 bits per heavy atom. The van der Waals surface area contributed by atoms with Crippen LogP contribution in [0.3, 0.4) is 0 Å². The van der Waals surface area contributed by atoms with E-state index >= 15 is 0 Å². The molecule has 0 bridgehead atoms. The van der Waals surface area contributed by atoms with Crippen molar-refractivity contribution in [3.8, 4) is 0 Å². The molecule has 1 saturated carbocycles. The minimum atomic E-state index is 0.593. The van der Waals surface area contributed by atoms with Gasteiger partial charge in [0.15, 0.2) is 0 Å². The van der Waals surface area contributed by atoms with Crippen LogP contribution in [0.4, 0.5) is 0 Å². The molecule has 2 heteroatoms. The highest BCUT2D eigenvalue weighted by molar-refractivity contribution is 7.99. The average molecular weight is 255 g/mol. The third kappa shape index (κ3) is 4.82. The summed E-state index contributed by atoms with van der Waals surface area (Å²) in [5.74, 6) is 1.39. The quantitative estimate of drug-likeness (QED) is 0.758. The molecule has 1 N–H and O–H groups in total. The van der Waals surface area contributed by atoms with Crippen molar-refractivity contribution >= 4 is 11.8 Å². The Hall–Kier alpha value is 0.310. The summed E-state index contributed by atoms with van der Waals surface area (Å²) in [4.78, 5) is 0. The number of hydrogen-bond donors (Lipinski definition) is 1. The molecule has 0 aromatic heterocycles. The van der Waals surface area contributed by atoms with Crippen molar-refractivity contribution in [2.75, 3.05) is 12.3 Å². The van der Waals surface area contributed by atoms with E-state index in [0.29, 0.717) is 5.41 Å². The summed E-state index contributed by atoms with van der Waals surface area (Å²) in [5, 5.41) is 4.75. The molecule has 1 heterocycles. The van der Waals surface area contributed by atoms with Crippen molar-refractivity contribution in [2.24, 2.45) is 5.41 Å². The number of rotatable bonds is 3. The van der Waals surface area contributed by atoms with Gasteiger partial charge in [0.05, 0.1) is 0 Å². The molecule has 0 amide bonds. The van der Waals surface area contributed by atoms with E-state index in [1.807, 2.05) is 0 Å². The number of nitrogens with one attached hydrogen (secondary N) is 1. The summed E-state index contributed by atoms with van der Waals surface area (Å²) < 4.78 is 0. The molecule has 1 aliphatic heterocycles. The standard InChI is InChI=1S/C15H29NS/c1-15(2)9-5-6-13(8-10-15)16-12-14-7-3-4-11-17-14/h13-14,16H,3-12H2,1-2H3. The van der Waals surface area contributed by atoms with Gasteiger partial charge in [-0.2, -0.15) is 11.8 Å². The van der Waals surface area contributed by atoms with Crippen molar-refractivity contribution in [1.29, 1.82) is 0 Å². The highest BCUT2D eigenvalue weighted by atomic mass is 32.2. The lowest BCUT2D eigenvalue weighted by Crippen LogP contribution is -2.35. The maximum atomic E-state index is 3.85. The second-order valence-corrected chi connectivity index (χ2v) is 8.10. The van der Waals surface area contributed by atoms with Crippen LogP contribution >= 0.6 is 11.8 Å². The first-order valence-corrected chi connectivity index (χ1v) is 8.56. The average Bonchev–Trinajstić information content (AvgIpc) is 2.49. The van der Waals surface area contributed by atoms with Gasteiger partial charge in [-0.05, 0) is 49.7 Å². The molecule has 0 spiro atoms. The van der Waals surface area contributed by atoms with E-state index in [-0.39, 0.29) is 0 Å². The molecule has 1 nitrogen and oxygen atoms in total. The lowest BCUT2D eigenvalue weighted by atomic mass is 9.85. The molecule has 2 aliphatic rings. The first kappa shape index (κ1) is 13.7. The van der Waals surface area contributed by atoms with E-state index < -0.39 is 0 Å². The Bertz CT molecular complexity index is 221. The summed E-state index contributed by atoms with van der Waals surface area (Å²) in [5.41, 5.74) is 0.593. The minimum Gasteiger partial charge on any atom is -0.313 e. The monoisotopic (exact) mass is 255 g/mol. The normalized spacial score (nSPS) is 34.2. The van der Waals surface area contributed by atoms with Gasteiger partial charge in [0.1, 0.15) is 0 Å². The molecular weight excluding hydrogens is 226 g/mol. The fourth-order valence-electron chi connectivity index (χ4n) is 3.13. The third-order valence-corrected chi connectivity index (χ3v) is 5.88. The van der Waals surface area contributed by atoms with Crippen LogP contribution in [-0.2, 0) is 0 Å². The van der Waals surface area contributed by atoms with Crippen molar-refractivity contribution in [2.45, 2.75) is 76.5 Å². The summed E-state index contributed by atoms with van der Waals surface area (Å²) in [7, 11) is 0. The van der Waals surface area contributed by atoms with Gasteiger partial charge in [0.25, 0.3) is 0 Å². The van der Waals surface area contributed by atoms with E-state index in [1.165, 1.54) is 63.7 Å². The van der Waals surface area contributed by atoms with Gasteiger partial charge in [-0.15, -0.1) is 0 Å². The van der Waals surface area contributed by atoms with Gasteiger partial charge in [-0.25, -0.2) is 0 Å². The van der Waals surface area contributed by atoms with Crippen LogP contribution in [0.25, 0.3) is 0 Å². The zero-order valence-electron chi connectivity index (χ0n) is 11.6. The molecule has 0 radical (unpaired) electrons. The van der Waals surface area contributed by atoms with Gasteiger partial charge < -0.3 is 5.32 Å². The molecule has 2 rings (SSSR count). The zero-order valence-corrected chi connectivity index (χ0v) is 12.5. The van der Waals surface area contributed by atoms with Crippen LogP contribution in [0.5, 0.6) is 0 Å². The lowest BCUT2D eigenvalue weighted by Gasteiger charge is -2.25. The predicted molar refractivity (Wildman–Crippen MR) is 78.8 cm³/mol. The third-order valence-electron chi connectivity index (χ3n) is 4.48. The fraction of sp³-hybridized carbons (Fsp3) is 1.00. The van der Waals surface area contributed by atoms with Crippen molar-refractivity contribution in [3.05, 3.63) is 0 Å². The predicted octanol–water partition coefficient (Wildman–Crippen LogP) is 4.22. The van der Waals surface area contributed by atoms with Crippen molar-refractivity contribution < 1.29 is 0 Å².